The third kappa shape index (κ3) is 2.34. The van der Waals surface area contributed by atoms with Crippen molar-refractivity contribution in [3.05, 3.63) is 41.9 Å². The molecule has 1 amide bonds. The van der Waals surface area contributed by atoms with Gasteiger partial charge in [0, 0.05) is 13.2 Å². The number of carbonyl (C=O) groups is 2. The normalized spacial score (nSPS) is 10.1. The molecule has 2 heterocycles. The Morgan fingerprint density at radius 3 is 2.72 bits per heavy atom. The monoisotopic (exact) mass is 246 g/mol. The van der Waals surface area contributed by atoms with E-state index in [2.05, 4.69) is 15.4 Å². The van der Waals surface area contributed by atoms with Gasteiger partial charge in [-0.2, -0.15) is 5.10 Å². The molecule has 0 aromatic carbocycles. The van der Waals surface area contributed by atoms with Crippen molar-refractivity contribution in [3.8, 4) is 0 Å². The molecule has 0 saturated carbocycles. The predicted molar refractivity (Wildman–Crippen MR) is 62.4 cm³/mol. The Bertz CT molecular complexity index is 606. The van der Waals surface area contributed by atoms with Crippen LogP contribution in [0.15, 0.2) is 30.5 Å². The Morgan fingerprint density at radius 1 is 1.33 bits per heavy atom. The fraction of sp³-hybridized carbons (Fsp3) is 0.0909. The largest absolute Gasteiger partial charge is 0.477 e. The number of nitrogens with zero attached hydrogens (tertiary/aromatic N) is 3. The molecule has 0 radical (unpaired) electrons. The summed E-state index contributed by atoms with van der Waals surface area (Å²) in [7, 11) is 1.63. The lowest BCUT2D eigenvalue weighted by Gasteiger charge is -2.05. The molecule has 2 N–H and O–H groups in total. The van der Waals surface area contributed by atoms with Gasteiger partial charge in [0.05, 0.1) is 0 Å². The van der Waals surface area contributed by atoms with Gasteiger partial charge >= 0.3 is 5.97 Å². The molecule has 0 aliphatic rings. The number of carbonyl (C=O) groups excluding carboxylic acids is 1. The van der Waals surface area contributed by atoms with Crippen LogP contribution in [0.2, 0.25) is 0 Å². The minimum absolute atomic E-state index is 0.127. The highest BCUT2D eigenvalue weighted by Gasteiger charge is 2.12. The van der Waals surface area contributed by atoms with E-state index >= 15 is 0 Å². The number of carboxylic acid groups (broad SMARTS) is 1. The van der Waals surface area contributed by atoms with E-state index in [1.54, 1.807) is 13.1 Å². The van der Waals surface area contributed by atoms with Crippen molar-refractivity contribution in [1.82, 2.24) is 14.8 Å². The molecular formula is C11H10N4O3. The molecule has 7 nitrogen and oxygen atoms in total. The Labute approximate surface area is 102 Å². The topological polar surface area (TPSA) is 97.1 Å². The number of amides is 1. The van der Waals surface area contributed by atoms with Crippen molar-refractivity contribution in [2.45, 2.75) is 0 Å². The molecule has 0 fully saturated rings. The summed E-state index contributed by atoms with van der Waals surface area (Å²) in [4.78, 5) is 26.3. The van der Waals surface area contributed by atoms with Crippen molar-refractivity contribution >= 4 is 17.7 Å². The molecule has 2 aromatic rings. The second-order valence-electron chi connectivity index (χ2n) is 3.51. The van der Waals surface area contributed by atoms with Crippen molar-refractivity contribution in [3.63, 3.8) is 0 Å². The molecule has 18 heavy (non-hydrogen) atoms. The van der Waals surface area contributed by atoms with E-state index in [4.69, 9.17) is 5.11 Å². The minimum atomic E-state index is -1.15. The molecule has 2 rings (SSSR count). The number of anilines is 1. The molecule has 0 aliphatic heterocycles. The Morgan fingerprint density at radius 2 is 2.11 bits per heavy atom. The SMILES string of the molecule is Cn1nccc1C(=O)Nc1cccc(C(=O)O)n1. The van der Waals surface area contributed by atoms with Crippen LogP contribution in [0.25, 0.3) is 0 Å². The molecule has 2 aromatic heterocycles. The Balaban J connectivity index is 2.20. The molecule has 0 unspecified atom stereocenters. The summed E-state index contributed by atoms with van der Waals surface area (Å²) in [6, 6.07) is 5.93. The molecule has 92 valence electrons. The van der Waals surface area contributed by atoms with Crippen molar-refractivity contribution in [1.29, 1.82) is 0 Å². The summed E-state index contributed by atoms with van der Waals surface area (Å²) in [5, 5.41) is 15.2. The van der Waals surface area contributed by atoms with Crippen LogP contribution in [0.4, 0.5) is 5.82 Å². The zero-order chi connectivity index (χ0) is 13.1. The number of pyridine rings is 1. The lowest BCUT2D eigenvalue weighted by molar-refractivity contribution is 0.0690. The van der Waals surface area contributed by atoms with Crippen LogP contribution < -0.4 is 5.32 Å². The van der Waals surface area contributed by atoms with Gasteiger partial charge in [-0.05, 0) is 18.2 Å². The van der Waals surface area contributed by atoms with E-state index in [0.29, 0.717) is 5.69 Å². The zero-order valence-corrected chi connectivity index (χ0v) is 9.49. The molecule has 0 bridgehead atoms. The van der Waals surface area contributed by atoms with Crippen LogP contribution in [-0.2, 0) is 7.05 Å². The smallest absolute Gasteiger partial charge is 0.354 e. The average Bonchev–Trinajstić information content (AvgIpc) is 2.76. The third-order valence-corrected chi connectivity index (χ3v) is 2.26. The average molecular weight is 246 g/mol. The standard InChI is InChI=1S/C11H10N4O3/c1-15-8(5-6-12-15)10(16)14-9-4-2-3-7(13-9)11(17)18/h2-6H,1H3,(H,17,18)(H,13,14,16). The maximum atomic E-state index is 11.8. The van der Waals surface area contributed by atoms with E-state index in [0.717, 1.165) is 0 Å². The van der Waals surface area contributed by atoms with E-state index in [1.165, 1.54) is 29.1 Å². The van der Waals surface area contributed by atoms with Crippen molar-refractivity contribution in [2.24, 2.45) is 7.05 Å². The third-order valence-electron chi connectivity index (χ3n) is 2.26. The van der Waals surface area contributed by atoms with Crippen LogP contribution in [0.3, 0.4) is 0 Å². The van der Waals surface area contributed by atoms with Gasteiger partial charge in [-0.3, -0.25) is 9.48 Å². The number of aromatic nitrogens is 3. The van der Waals surface area contributed by atoms with Gasteiger partial charge in [-0.1, -0.05) is 6.07 Å². The summed E-state index contributed by atoms with van der Waals surface area (Å²) in [6.07, 6.45) is 1.50. The van der Waals surface area contributed by atoms with Crippen LogP contribution in [-0.4, -0.2) is 31.7 Å². The number of carboxylic acids is 1. The van der Waals surface area contributed by atoms with Crippen molar-refractivity contribution in [2.75, 3.05) is 5.32 Å². The number of hydrogen-bond acceptors (Lipinski definition) is 4. The highest BCUT2D eigenvalue weighted by molar-refractivity contribution is 6.02. The van der Waals surface area contributed by atoms with E-state index in [9.17, 15) is 9.59 Å². The minimum Gasteiger partial charge on any atom is -0.477 e. The number of aromatic carboxylic acids is 1. The highest BCUT2D eigenvalue weighted by atomic mass is 16.4. The zero-order valence-electron chi connectivity index (χ0n) is 9.49. The first-order valence-corrected chi connectivity index (χ1v) is 5.07. The molecule has 0 spiro atoms. The summed E-state index contributed by atoms with van der Waals surface area (Å²) in [6.45, 7) is 0. The second kappa shape index (κ2) is 4.66. The van der Waals surface area contributed by atoms with Gasteiger partial charge < -0.3 is 10.4 Å². The summed E-state index contributed by atoms with van der Waals surface area (Å²) in [5.41, 5.74) is 0.232. The lowest BCUT2D eigenvalue weighted by Crippen LogP contribution is -2.17. The van der Waals surface area contributed by atoms with Gasteiger partial charge in [0.1, 0.15) is 11.5 Å². The van der Waals surface area contributed by atoms with E-state index in [-0.39, 0.29) is 11.5 Å². The van der Waals surface area contributed by atoms with Crippen molar-refractivity contribution < 1.29 is 14.7 Å². The predicted octanol–water partition coefficient (Wildman–Crippen LogP) is 0.766. The first kappa shape index (κ1) is 11.8. The van der Waals surface area contributed by atoms with Gasteiger partial charge in [-0.25, -0.2) is 9.78 Å². The highest BCUT2D eigenvalue weighted by Crippen LogP contribution is 2.07. The Kier molecular flexibility index (Phi) is 3.05. The van der Waals surface area contributed by atoms with Gasteiger partial charge in [-0.15, -0.1) is 0 Å². The van der Waals surface area contributed by atoms with Crippen LogP contribution in [0.1, 0.15) is 21.0 Å². The summed E-state index contributed by atoms with van der Waals surface area (Å²) >= 11 is 0. The fourth-order valence-electron chi connectivity index (χ4n) is 1.40. The molecule has 0 saturated heterocycles. The van der Waals surface area contributed by atoms with Crippen LogP contribution in [0, 0.1) is 0 Å². The van der Waals surface area contributed by atoms with Crippen LogP contribution >= 0.6 is 0 Å². The Hall–Kier alpha value is -2.70. The molecular weight excluding hydrogens is 236 g/mol. The number of hydrogen-bond donors (Lipinski definition) is 2. The molecule has 0 atom stereocenters. The van der Waals surface area contributed by atoms with Gasteiger partial charge in [0.15, 0.2) is 5.69 Å². The second-order valence-corrected chi connectivity index (χ2v) is 3.51. The maximum Gasteiger partial charge on any atom is 0.354 e. The summed E-state index contributed by atoms with van der Waals surface area (Å²) in [5.74, 6) is -1.36. The molecule has 7 heteroatoms. The fourth-order valence-corrected chi connectivity index (χ4v) is 1.40. The first-order chi connectivity index (χ1) is 8.58. The number of rotatable bonds is 3. The van der Waals surface area contributed by atoms with Crippen LogP contribution in [0.5, 0.6) is 0 Å². The quantitative estimate of drug-likeness (QED) is 0.833. The van der Waals surface area contributed by atoms with E-state index < -0.39 is 11.9 Å². The molecule has 0 aliphatic carbocycles. The number of aryl methyl sites for hydroxylation is 1. The first-order valence-electron chi connectivity index (χ1n) is 5.07. The maximum absolute atomic E-state index is 11.8. The van der Waals surface area contributed by atoms with E-state index in [1.807, 2.05) is 0 Å². The van der Waals surface area contributed by atoms with Gasteiger partial charge in [0.25, 0.3) is 5.91 Å². The summed E-state index contributed by atoms with van der Waals surface area (Å²) < 4.78 is 1.41. The number of nitrogens with one attached hydrogen (secondary N) is 1. The van der Waals surface area contributed by atoms with Gasteiger partial charge in [0.2, 0.25) is 0 Å². The lowest BCUT2D eigenvalue weighted by atomic mass is 10.3.